The Kier molecular flexibility index (Phi) is 8.06. The second kappa shape index (κ2) is 11.2. The lowest BCUT2D eigenvalue weighted by Gasteiger charge is -2.35. The highest BCUT2D eigenvalue weighted by Crippen LogP contribution is 2.31. The van der Waals surface area contributed by atoms with E-state index in [1.807, 2.05) is 35.2 Å². The molecule has 1 saturated heterocycles. The molecule has 1 unspecified atom stereocenters. The number of fused-ring (bicyclic) bond motifs is 1. The predicted molar refractivity (Wildman–Crippen MR) is 127 cm³/mol. The molecular formula is C25H32ClN3O4. The molecule has 0 saturated carbocycles. The molecule has 4 rings (SSSR count). The molecule has 2 aliphatic rings. The van der Waals surface area contributed by atoms with Crippen LogP contribution in [0.5, 0.6) is 11.5 Å². The monoisotopic (exact) mass is 473 g/mol. The van der Waals surface area contributed by atoms with Crippen molar-refractivity contribution in [3.8, 4) is 11.5 Å². The molecule has 1 amide bonds. The summed E-state index contributed by atoms with van der Waals surface area (Å²) in [5.74, 6) is 1.86. The molecule has 178 valence electrons. The van der Waals surface area contributed by atoms with E-state index in [1.54, 1.807) is 6.20 Å². The second-order valence-electron chi connectivity index (χ2n) is 8.99. The van der Waals surface area contributed by atoms with Gasteiger partial charge in [0.1, 0.15) is 11.3 Å². The fourth-order valence-electron chi connectivity index (χ4n) is 4.18. The number of rotatable bonds is 7. The van der Waals surface area contributed by atoms with Crippen molar-refractivity contribution in [2.24, 2.45) is 5.92 Å². The number of morpholine rings is 1. The summed E-state index contributed by atoms with van der Waals surface area (Å²) >= 11 is 6.24. The zero-order chi connectivity index (χ0) is 23.2. The fourth-order valence-corrected chi connectivity index (χ4v) is 4.36. The van der Waals surface area contributed by atoms with Crippen LogP contribution in [0, 0.1) is 5.92 Å². The van der Waals surface area contributed by atoms with Gasteiger partial charge in [-0.05, 0) is 29.7 Å². The second-order valence-corrected chi connectivity index (χ2v) is 9.35. The van der Waals surface area contributed by atoms with Gasteiger partial charge in [0.25, 0.3) is 5.91 Å². The van der Waals surface area contributed by atoms with E-state index in [4.69, 9.17) is 25.8 Å². The van der Waals surface area contributed by atoms with Gasteiger partial charge in [0.15, 0.2) is 11.5 Å². The van der Waals surface area contributed by atoms with Gasteiger partial charge in [0, 0.05) is 50.9 Å². The number of hydrogen-bond acceptors (Lipinski definition) is 6. The number of hydrogen-bond donors (Lipinski definition) is 0. The summed E-state index contributed by atoms with van der Waals surface area (Å²) in [6.07, 6.45) is 2.04. The highest BCUT2D eigenvalue weighted by atomic mass is 35.5. The molecule has 0 N–H and O–H groups in total. The molecule has 1 aromatic carbocycles. The van der Waals surface area contributed by atoms with Crippen LogP contribution in [-0.4, -0.2) is 66.2 Å². The van der Waals surface area contributed by atoms with E-state index in [0.717, 1.165) is 35.6 Å². The molecule has 0 spiro atoms. The number of carbonyl (C=O) groups excluding carboxylic acids is 1. The van der Waals surface area contributed by atoms with Crippen LogP contribution in [0.25, 0.3) is 0 Å². The van der Waals surface area contributed by atoms with E-state index in [1.165, 1.54) is 0 Å². The number of aromatic nitrogens is 1. The van der Waals surface area contributed by atoms with Crippen LogP contribution in [0.1, 0.15) is 31.4 Å². The van der Waals surface area contributed by atoms with Crippen LogP contribution in [0.4, 0.5) is 0 Å². The van der Waals surface area contributed by atoms with Gasteiger partial charge in [-0.25, -0.2) is 4.98 Å². The Hall–Kier alpha value is -2.35. The molecule has 1 fully saturated rings. The number of nitrogens with zero attached hydrogens (tertiary/aromatic N) is 3. The Labute approximate surface area is 200 Å². The lowest BCUT2D eigenvalue weighted by Crippen LogP contribution is -2.51. The van der Waals surface area contributed by atoms with Crippen molar-refractivity contribution in [1.29, 1.82) is 0 Å². The van der Waals surface area contributed by atoms with Crippen LogP contribution in [0.3, 0.4) is 0 Å². The third-order valence-corrected chi connectivity index (χ3v) is 6.08. The molecule has 1 atom stereocenters. The van der Waals surface area contributed by atoms with Gasteiger partial charge in [0.05, 0.1) is 19.8 Å². The minimum Gasteiger partial charge on any atom is -0.490 e. The van der Waals surface area contributed by atoms with Gasteiger partial charge >= 0.3 is 0 Å². The average Bonchev–Trinajstić information content (AvgIpc) is 3.05. The normalized spacial score (nSPS) is 18.7. The van der Waals surface area contributed by atoms with Crippen LogP contribution in [0.2, 0.25) is 5.15 Å². The molecular weight excluding hydrogens is 442 g/mol. The molecule has 8 heteroatoms. The molecule has 7 nitrogen and oxygen atoms in total. The molecule has 2 aromatic rings. The van der Waals surface area contributed by atoms with Crippen LogP contribution in [0.15, 0.2) is 36.5 Å². The maximum atomic E-state index is 13.5. The van der Waals surface area contributed by atoms with Gasteiger partial charge in [-0.3, -0.25) is 9.69 Å². The Balaban J connectivity index is 1.44. The first-order chi connectivity index (χ1) is 16.0. The Morgan fingerprint density at radius 1 is 1.21 bits per heavy atom. The van der Waals surface area contributed by atoms with E-state index >= 15 is 0 Å². The zero-order valence-electron chi connectivity index (χ0n) is 19.3. The van der Waals surface area contributed by atoms with Gasteiger partial charge in [-0.15, -0.1) is 0 Å². The third kappa shape index (κ3) is 6.37. The van der Waals surface area contributed by atoms with Gasteiger partial charge in [-0.1, -0.05) is 37.6 Å². The molecule has 33 heavy (non-hydrogen) atoms. The lowest BCUT2D eigenvalue weighted by atomic mass is 10.1. The van der Waals surface area contributed by atoms with Crippen molar-refractivity contribution >= 4 is 17.5 Å². The van der Waals surface area contributed by atoms with Crippen molar-refractivity contribution < 1.29 is 19.0 Å². The molecule has 1 aromatic heterocycles. The third-order valence-electron chi connectivity index (χ3n) is 5.74. The van der Waals surface area contributed by atoms with E-state index in [2.05, 4.69) is 23.7 Å². The first kappa shape index (κ1) is 23.8. The Bertz CT molecular complexity index is 955. The Morgan fingerprint density at radius 2 is 2.03 bits per heavy atom. The summed E-state index contributed by atoms with van der Waals surface area (Å²) < 4.78 is 17.5. The SMILES string of the molecule is CC(C)CN(Cc1ccc2c(c1)OCCCO2)C(=O)C1CN(Cc2cccnc2Cl)CCO1. The lowest BCUT2D eigenvalue weighted by molar-refractivity contribution is -0.151. The maximum absolute atomic E-state index is 13.5. The van der Waals surface area contributed by atoms with Gasteiger partial charge in [0.2, 0.25) is 0 Å². The summed E-state index contributed by atoms with van der Waals surface area (Å²) in [4.78, 5) is 21.8. The van der Waals surface area contributed by atoms with Crippen LogP contribution in [-0.2, 0) is 22.6 Å². The van der Waals surface area contributed by atoms with E-state index in [9.17, 15) is 4.79 Å². The average molecular weight is 474 g/mol. The van der Waals surface area contributed by atoms with Crippen molar-refractivity contribution in [2.45, 2.75) is 39.5 Å². The number of ether oxygens (including phenoxy) is 3. The smallest absolute Gasteiger partial charge is 0.253 e. The minimum absolute atomic E-state index is 0.0118. The van der Waals surface area contributed by atoms with Crippen molar-refractivity contribution in [1.82, 2.24) is 14.8 Å². The van der Waals surface area contributed by atoms with Crippen molar-refractivity contribution in [3.05, 3.63) is 52.8 Å². The maximum Gasteiger partial charge on any atom is 0.253 e. The largest absolute Gasteiger partial charge is 0.490 e. The molecule has 0 bridgehead atoms. The summed E-state index contributed by atoms with van der Waals surface area (Å²) in [6, 6.07) is 9.78. The van der Waals surface area contributed by atoms with Gasteiger partial charge in [-0.2, -0.15) is 0 Å². The van der Waals surface area contributed by atoms with E-state index in [-0.39, 0.29) is 5.91 Å². The highest BCUT2D eigenvalue weighted by Gasteiger charge is 2.31. The molecule has 0 radical (unpaired) electrons. The summed E-state index contributed by atoms with van der Waals surface area (Å²) in [7, 11) is 0. The summed E-state index contributed by atoms with van der Waals surface area (Å²) in [5.41, 5.74) is 1.97. The number of amides is 1. The standard InChI is InChI=1S/C25H32ClN3O4/c1-18(2)14-29(15-19-6-7-21-22(13-19)32-11-4-10-31-21)25(30)23-17-28(9-12-33-23)16-20-5-3-8-27-24(20)26/h3,5-8,13,18,23H,4,9-12,14-17H2,1-2H3. The fraction of sp³-hybridized carbons (Fsp3) is 0.520. The van der Waals surface area contributed by atoms with Gasteiger partial charge < -0.3 is 19.1 Å². The predicted octanol–water partition coefficient (Wildman–Crippen LogP) is 3.78. The molecule has 3 heterocycles. The van der Waals surface area contributed by atoms with Crippen LogP contribution >= 0.6 is 11.6 Å². The van der Waals surface area contributed by atoms with E-state index in [0.29, 0.717) is 57.1 Å². The first-order valence-corrected chi connectivity index (χ1v) is 12.0. The highest BCUT2D eigenvalue weighted by molar-refractivity contribution is 6.30. The number of carbonyl (C=O) groups is 1. The number of halogens is 1. The summed E-state index contributed by atoms with van der Waals surface area (Å²) in [6.45, 7) is 9.12. The zero-order valence-corrected chi connectivity index (χ0v) is 20.1. The minimum atomic E-state index is -0.506. The first-order valence-electron chi connectivity index (χ1n) is 11.6. The molecule has 0 aliphatic carbocycles. The quantitative estimate of drug-likeness (QED) is 0.570. The molecule has 2 aliphatic heterocycles. The topological polar surface area (TPSA) is 64.1 Å². The number of pyridine rings is 1. The van der Waals surface area contributed by atoms with Crippen molar-refractivity contribution in [3.63, 3.8) is 0 Å². The summed E-state index contributed by atoms with van der Waals surface area (Å²) in [5, 5.41) is 0.503. The van der Waals surface area contributed by atoms with Crippen molar-refractivity contribution in [2.75, 3.05) is 39.5 Å². The number of benzene rings is 1. The van der Waals surface area contributed by atoms with Crippen LogP contribution < -0.4 is 9.47 Å². The Morgan fingerprint density at radius 3 is 2.82 bits per heavy atom. The van der Waals surface area contributed by atoms with E-state index < -0.39 is 6.10 Å².